The zero-order valence-corrected chi connectivity index (χ0v) is 55.1. The highest BCUT2D eigenvalue weighted by molar-refractivity contribution is 7.13. The summed E-state index contributed by atoms with van der Waals surface area (Å²) in [5, 5.41) is 30.6. The van der Waals surface area contributed by atoms with Crippen LogP contribution in [-0.4, -0.2) is 178 Å². The van der Waals surface area contributed by atoms with E-state index in [2.05, 4.69) is 41.8 Å². The fraction of sp³-hybridized carbons (Fsp3) is 0.514. The van der Waals surface area contributed by atoms with Crippen molar-refractivity contribution in [2.45, 2.75) is 117 Å². The number of aromatic nitrogens is 2. The Labute approximate surface area is 546 Å². The number of rotatable bonds is 38. The van der Waals surface area contributed by atoms with E-state index < -0.39 is 23.6 Å². The summed E-state index contributed by atoms with van der Waals surface area (Å²) in [5.74, 6) is 1.55. The van der Waals surface area contributed by atoms with Gasteiger partial charge in [-0.05, 0) is 105 Å². The summed E-state index contributed by atoms with van der Waals surface area (Å²) in [6.45, 7) is 19.1. The molecule has 2 aliphatic heterocycles. The molecule has 92 heavy (non-hydrogen) atoms. The molecule has 0 saturated carbocycles. The van der Waals surface area contributed by atoms with Crippen molar-refractivity contribution in [3.8, 4) is 39.5 Å². The quantitative estimate of drug-likeness (QED) is 0.0178. The van der Waals surface area contributed by atoms with Gasteiger partial charge in [0.05, 0.1) is 92.3 Å². The second-order valence-corrected chi connectivity index (χ2v) is 25.4. The fourth-order valence-electron chi connectivity index (χ4n) is 11.2. The Hall–Kier alpha value is -7.46. The maximum Gasteiger partial charge on any atom is 0.246 e. The zero-order chi connectivity index (χ0) is 65.1. The van der Waals surface area contributed by atoms with Crippen molar-refractivity contribution in [1.82, 2.24) is 35.3 Å². The number of nitrogens with zero attached hydrogens (tertiary/aromatic N) is 6. The number of amides is 3. The molecule has 6 N–H and O–H groups in total. The van der Waals surface area contributed by atoms with Gasteiger partial charge in [-0.2, -0.15) is 5.26 Å². The molecular formula is C70H94N10O11S. The van der Waals surface area contributed by atoms with Crippen LogP contribution >= 0.6 is 11.3 Å². The molecule has 2 aromatic heterocycles. The number of nitriles is 1. The van der Waals surface area contributed by atoms with Crippen LogP contribution in [0, 0.1) is 23.7 Å². The number of aryl methyl sites for hydroxylation is 1. The number of nitrogen functional groups attached to an aromatic ring is 1. The van der Waals surface area contributed by atoms with Gasteiger partial charge < -0.3 is 74.6 Å². The summed E-state index contributed by atoms with van der Waals surface area (Å²) >= 11 is 1.58. The van der Waals surface area contributed by atoms with Crippen molar-refractivity contribution in [2.24, 2.45) is 5.41 Å². The Balaban J connectivity index is 0.582. The first kappa shape index (κ1) is 70.4. The predicted molar refractivity (Wildman–Crippen MR) is 359 cm³/mol. The number of hydrogen-bond donors (Lipinski definition) is 5. The molecule has 0 spiro atoms. The Morgan fingerprint density at radius 1 is 0.761 bits per heavy atom. The fourth-order valence-corrected chi connectivity index (χ4v) is 12.0. The summed E-state index contributed by atoms with van der Waals surface area (Å²) in [5.41, 5.74) is 13.2. The number of benzene rings is 4. The minimum atomic E-state index is -0.869. The largest absolute Gasteiger partial charge is 0.493 e. The third kappa shape index (κ3) is 22.1. The number of nitrogens with two attached hydrogens (primary N) is 1. The van der Waals surface area contributed by atoms with E-state index in [1.165, 1.54) is 17.7 Å². The number of thiazole rings is 1. The number of aliphatic hydroxyl groups is 1. The van der Waals surface area contributed by atoms with Crippen LogP contribution in [0.5, 0.6) is 23.0 Å². The van der Waals surface area contributed by atoms with Crippen LogP contribution < -0.4 is 35.9 Å². The van der Waals surface area contributed by atoms with Crippen LogP contribution in [0.4, 0.5) is 17.1 Å². The second kappa shape index (κ2) is 36.7. The maximum atomic E-state index is 14.0. The molecule has 4 aromatic carbocycles. The van der Waals surface area contributed by atoms with Gasteiger partial charge in [-0.25, -0.2) is 4.98 Å². The van der Waals surface area contributed by atoms with E-state index >= 15 is 0 Å². The van der Waals surface area contributed by atoms with E-state index in [9.17, 15) is 24.8 Å². The summed E-state index contributed by atoms with van der Waals surface area (Å²) in [6, 6.07) is 27.0. The van der Waals surface area contributed by atoms with Crippen LogP contribution in [0.3, 0.4) is 0 Å². The topological polar surface area (TPSA) is 257 Å². The molecule has 0 bridgehead atoms. The number of nitrogens with one attached hydrogen (secondary N) is 3. The number of hydrogen-bond acceptors (Lipinski definition) is 19. The van der Waals surface area contributed by atoms with E-state index in [0.717, 1.165) is 111 Å². The molecule has 4 heterocycles. The van der Waals surface area contributed by atoms with Crippen molar-refractivity contribution in [2.75, 3.05) is 123 Å². The molecule has 21 nitrogen and oxygen atoms in total. The lowest BCUT2D eigenvalue weighted by Crippen LogP contribution is -2.57. The molecule has 2 aliphatic rings. The molecule has 22 heteroatoms. The first-order chi connectivity index (χ1) is 44.6. The highest BCUT2D eigenvalue weighted by Crippen LogP contribution is 2.38. The third-order valence-corrected chi connectivity index (χ3v) is 17.3. The Morgan fingerprint density at radius 2 is 1.41 bits per heavy atom. The van der Waals surface area contributed by atoms with E-state index in [0.29, 0.717) is 105 Å². The summed E-state index contributed by atoms with van der Waals surface area (Å²) in [4.78, 5) is 57.1. The normalized spacial score (nSPS) is 15.7. The van der Waals surface area contributed by atoms with Crippen molar-refractivity contribution in [3.05, 3.63) is 113 Å². The molecule has 496 valence electrons. The zero-order valence-electron chi connectivity index (χ0n) is 54.3. The van der Waals surface area contributed by atoms with Gasteiger partial charge in [0.15, 0.2) is 11.5 Å². The number of β-amino-alcohol motifs (C(OH)–C–C–N with tert-alkyl or cyclic N) is 1. The SMILES string of the molecule is COc1cc2c(Nc3ccc(Oc4cccc(N)c4)cc3)c(C#N)cnc2cc1OCCCN1CCN(CCCCCCOCCOCCOCCOCCCCCC(=O)N[C@H](C(=O)N2C[C@H](O)C[C@H]2C(=O)NCc2ccc(-c3scnc3C)cc2)C(C)(C)C)CC1. The maximum absolute atomic E-state index is 14.0. The highest BCUT2D eigenvalue weighted by Gasteiger charge is 2.44. The highest BCUT2D eigenvalue weighted by atomic mass is 32.1. The molecule has 3 atom stereocenters. The van der Waals surface area contributed by atoms with Crippen molar-refractivity contribution >= 4 is 57.0 Å². The lowest BCUT2D eigenvalue weighted by Gasteiger charge is -2.35. The number of anilines is 3. The molecule has 0 unspecified atom stereocenters. The molecule has 3 amide bonds. The average molecular weight is 1280 g/mol. The molecule has 2 fully saturated rings. The molecule has 8 rings (SSSR count). The Kier molecular flexibility index (Phi) is 28.1. The van der Waals surface area contributed by atoms with Gasteiger partial charge in [-0.1, -0.05) is 70.4 Å². The average Bonchev–Trinajstić information content (AvgIpc) is 1.09. The first-order valence-corrected chi connectivity index (χ1v) is 33.3. The van der Waals surface area contributed by atoms with E-state index in [-0.39, 0.29) is 43.7 Å². The molecule has 0 aliphatic carbocycles. The smallest absolute Gasteiger partial charge is 0.246 e. The minimum absolute atomic E-state index is 0.0233. The standard InChI is InChI=1S/C70H94N10O11S/c1-50-66(92-49-75-50)52-20-18-51(19-21-52)46-74-68(83)61-42-56(81)48-80(61)69(84)67(70(2,3)4)77-64(82)17-9-8-12-33-87-36-38-89-40-39-88-37-35-86-32-11-7-6-10-26-78-28-30-79(31-29-78)27-14-34-90-63-44-60-59(43-62(63)85-5)65(53(45-71)47-73-60)76-55-22-24-57(25-23-55)91-58-16-13-15-54(72)41-58/h13,15-16,18-25,41,43-44,47,49,56,61,67,81H,6-12,14,17,26-40,42,46,48,72H2,1-5H3,(H,73,76)(H,74,83)(H,77,82)/t56-,61+,67-/m1/s1. The van der Waals surface area contributed by atoms with Crippen LogP contribution in [0.15, 0.2) is 96.6 Å². The number of aliphatic hydroxyl groups excluding tert-OH is 1. The van der Waals surface area contributed by atoms with E-state index in [1.54, 1.807) is 30.7 Å². The number of methoxy groups -OCH3 is 1. The lowest BCUT2D eigenvalue weighted by atomic mass is 9.85. The van der Waals surface area contributed by atoms with Gasteiger partial charge in [-0.15, -0.1) is 11.3 Å². The van der Waals surface area contributed by atoms with Crippen LogP contribution in [-0.2, 0) is 39.9 Å². The van der Waals surface area contributed by atoms with Crippen LogP contribution in [0.25, 0.3) is 21.3 Å². The molecule has 0 radical (unpaired) electrons. The van der Waals surface area contributed by atoms with Crippen LogP contribution in [0.1, 0.15) is 102 Å². The van der Waals surface area contributed by atoms with Gasteiger partial charge in [0.2, 0.25) is 17.7 Å². The van der Waals surface area contributed by atoms with Gasteiger partial charge in [-0.3, -0.25) is 19.4 Å². The number of carbonyl (C=O) groups excluding carboxylic acids is 3. The number of unbranched alkanes of at least 4 members (excludes halogenated alkanes) is 5. The van der Waals surface area contributed by atoms with Crippen molar-refractivity contribution < 1.29 is 52.6 Å². The summed E-state index contributed by atoms with van der Waals surface area (Å²) in [7, 11) is 1.62. The number of ether oxygens (including phenoxy) is 7. The number of carbonyl (C=O) groups is 3. The molecule has 6 aromatic rings. The van der Waals surface area contributed by atoms with Gasteiger partial charge in [0.1, 0.15) is 29.7 Å². The van der Waals surface area contributed by atoms with Crippen LogP contribution in [0.2, 0.25) is 0 Å². The minimum Gasteiger partial charge on any atom is -0.493 e. The number of fused-ring (bicyclic) bond motifs is 1. The summed E-state index contributed by atoms with van der Waals surface area (Å²) < 4.78 is 40.9. The molecular weight excluding hydrogens is 1190 g/mol. The second-order valence-electron chi connectivity index (χ2n) is 24.5. The molecule has 2 saturated heterocycles. The van der Waals surface area contributed by atoms with Crippen molar-refractivity contribution in [1.29, 1.82) is 5.26 Å². The Bertz CT molecular complexity index is 3290. The van der Waals surface area contributed by atoms with Gasteiger partial charge in [0, 0.05) is 107 Å². The van der Waals surface area contributed by atoms with Gasteiger partial charge >= 0.3 is 0 Å². The number of likely N-dealkylation sites (tertiary alicyclic amines) is 1. The Morgan fingerprint density at radius 3 is 2.04 bits per heavy atom. The lowest BCUT2D eigenvalue weighted by molar-refractivity contribution is -0.144. The van der Waals surface area contributed by atoms with E-state index in [1.807, 2.05) is 112 Å². The monoisotopic (exact) mass is 1280 g/mol. The predicted octanol–water partition coefficient (Wildman–Crippen LogP) is 10.0. The van der Waals surface area contributed by atoms with Gasteiger partial charge in [0.25, 0.3) is 0 Å². The van der Waals surface area contributed by atoms with E-state index in [4.69, 9.17) is 38.9 Å². The number of piperazine rings is 1. The third-order valence-electron chi connectivity index (χ3n) is 16.4. The number of pyridine rings is 1. The first-order valence-electron chi connectivity index (χ1n) is 32.4. The summed E-state index contributed by atoms with van der Waals surface area (Å²) in [6.07, 6.45) is 8.78. The van der Waals surface area contributed by atoms with Crippen molar-refractivity contribution in [3.63, 3.8) is 0 Å².